The minimum Gasteiger partial charge on any atom is -0.394 e. The third-order valence-electron chi connectivity index (χ3n) is 5.56. The van der Waals surface area contributed by atoms with Crippen LogP contribution in [0.15, 0.2) is 72.2 Å². The number of nitrogens with zero attached hydrogens (tertiary/aromatic N) is 6. The number of halogens is 1. The minimum atomic E-state index is -0.0678. The van der Waals surface area contributed by atoms with Crippen LogP contribution in [0.4, 0.5) is 5.82 Å². The maximum atomic E-state index is 11.8. The van der Waals surface area contributed by atoms with Gasteiger partial charge < -0.3 is 15.0 Å². The smallest absolute Gasteiger partial charge is 0.250 e. The van der Waals surface area contributed by atoms with Crippen molar-refractivity contribution in [1.82, 2.24) is 29.3 Å². The second-order valence-electron chi connectivity index (χ2n) is 8.08. The van der Waals surface area contributed by atoms with Gasteiger partial charge in [0.25, 0.3) is 0 Å². The number of aryl methyl sites for hydroxylation is 1. The SMILES string of the molecule is Cn1cc(-c2ccc3nc(-c4cnn(CCO)c4)nc(NCc4cncc(Cl)c4)c3c2)ccc1=O. The molecular weight excluding hydrogens is 466 g/mol. The highest BCUT2D eigenvalue weighted by molar-refractivity contribution is 6.30. The summed E-state index contributed by atoms with van der Waals surface area (Å²) in [5.41, 5.74) is 4.19. The number of pyridine rings is 2. The lowest BCUT2D eigenvalue weighted by molar-refractivity contribution is 0.269. The van der Waals surface area contributed by atoms with Crippen molar-refractivity contribution in [3.63, 3.8) is 0 Å². The first-order valence-electron chi connectivity index (χ1n) is 11.0. The molecule has 5 rings (SSSR count). The van der Waals surface area contributed by atoms with E-state index in [0.717, 1.165) is 33.2 Å². The molecule has 10 heteroatoms. The molecule has 0 radical (unpaired) electrons. The number of hydrogen-bond donors (Lipinski definition) is 2. The van der Waals surface area contributed by atoms with Gasteiger partial charge in [-0.05, 0) is 41.0 Å². The average molecular weight is 488 g/mol. The van der Waals surface area contributed by atoms with Crippen LogP contribution in [-0.4, -0.2) is 41.0 Å². The number of rotatable bonds is 7. The molecule has 5 aromatic rings. The van der Waals surface area contributed by atoms with Crippen molar-refractivity contribution in [2.45, 2.75) is 13.1 Å². The topological polar surface area (TPSA) is 111 Å². The van der Waals surface area contributed by atoms with Gasteiger partial charge in [-0.1, -0.05) is 17.7 Å². The summed E-state index contributed by atoms with van der Waals surface area (Å²) in [6, 6.07) is 11.1. The predicted molar refractivity (Wildman–Crippen MR) is 135 cm³/mol. The Morgan fingerprint density at radius 3 is 2.66 bits per heavy atom. The van der Waals surface area contributed by atoms with Crippen LogP contribution in [-0.2, 0) is 20.1 Å². The molecular formula is C25H22ClN7O2. The summed E-state index contributed by atoms with van der Waals surface area (Å²) >= 11 is 6.10. The van der Waals surface area contributed by atoms with E-state index in [9.17, 15) is 9.90 Å². The number of nitrogens with one attached hydrogen (secondary N) is 1. The third-order valence-corrected chi connectivity index (χ3v) is 5.76. The van der Waals surface area contributed by atoms with Crippen LogP contribution in [0, 0.1) is 0 Å². The molecule has 0 bridgehead atoms. The molecule has 35 heavy (non-hydrogen) atoms. The van der Waals surface area contributed by atoms with E-state index in [1.54, 1.807) is 59.4 Å². The number of aliphatic hydroxyl groups excluding tert-OH is 1. The Hall–Kier alpha value is -4.08. The molecule has 0 amide bonds. The van der Waals surface area contributed by atoms with Crippen molar-refractivity contribution in [2.24, 2.45) is 7.05 Å². The number of anilines is 1. The molecule has 0 saturated heterocycles. The number of hydrogen-bond acceptors (Lipinski definition) is 7. The van der Waals surface area contributed by atoms with E-state index in [-0.39, 0.29) is 12.2 Å². The van der Waals surface area contributed by atoms with E-state index in [2.05, 4.69) is 15.4 Å². The Morgan fingerprint density at radius 2 is 1.86 bits per heavy atom. The molecule has 0 aliphatic rings. The second-order valence-corrected chi connectivity index (χ2v) is 8.51. The summed E-state index contributed by atoms with van der Waals surface area (Å²) < 4.78 is 3.20. The molecule has 4 aromatic heterocycles. The van der Waals surface area contributed by atoms with Crippen molar-refractivity contribution >= 4 is 28.3 Å². The van der Waals surface area contributed by atoms with Gasteiger partial charge >= 0.3 is 0 Å². The van der Waals surface area contributed by atoms with Crippen LogP contribution < -0.4 is 10.9 Å². The van der Waals surface area contributed by atoms with E-state index in [4.69, 9.17) is 21.6 Å². The summed E-state index contributed by atoms with van der Waals surface area (Å²) in [5.74, 6) is 1.16. The maximum absolute atomic E-state index is 11.8. The molecule has 0 fully saturated rings. The van der Waals surface area contributed by atoms with Gasteiger partial charge in [0.2, 0.25) is 5.56 Å². The Morgan fingerprint density at radius 1 is 1.00 bits per heavy atom. The van der Waals surface area contributed by atoms with Crippen LogP contribution >= 0.6 is 11.6 Å². The van der Waals surface area contributed by atoms with Crippen molar-refractivity contribution in [3.05, 3.63) is 88.3 Å². The maximum Gasteiger partial charge on any atom is 0.250 e. The van der Waals surface area contributed by atoms with Crippen LogP contribution in [0.25, 0.3) is 33.4 Å². The molecule has 0 saturated carbocycles. The highest BCUT2D eigenvalue weighted by Gasteiger charge is 2.13. The Labute approximate surface area is 205 Å². The van der Waals surface area contributed by atoms with Crippen LogP contribution in [0.3, 0.4) is 0 Å². The molecule has 1 aromatic carbocycles. The zero-order chi connectivity index (χ0) is 24.4. The third kappa shape index (κ3) is 4.91. The van der Waals surface area contributed by atoms with Crippen molar-refractivity contribution < 1.29 is 5.11 Å². The Kier molecular flexibility index (Phi) is 6.26. The molecule has 4 heterocycles. The van der Waals surface area contributed by atoms with E-state index < -0.39 is 0 Å². The zero-order valence-electron chi connectivity index (χ0n) is 18.9. The Balaban J connectivity index is 1.59. The van der Waals surface area contributed by atoms with E-state index >= 15 is 0 Å². The average Bonchev–Trinajstić information content (AvgIpc) is 3.33. The first kappa shape index (κ1) is 22.7. The van der Waals surface area contributed by atoms with Crippen LogP contribution in [0.2, 0.25) is 5.02 Å². The van der Waals surface area contributed by atoms with Gasteiger partial charge in [0.05, 0.1) is 35.5 Å². The van der Waals surface area contributed by atoms with Gasteiger partial charge in [-0.15, -0.1) is 0 Å². The normalized spacial score (nSPS) is 11.2. The van der Waals surface area contributed by atoms with Gasteiger partial charge in [0.1, 0.15) is 5.82 Å². The largest absolute Gasteiger partial charge is 0.394 e. The predicted octanol–water partition coefficient (Wildman–Crippen LogP) is 3.51. The quantitative estimate of drug-likeness (QED) is 0.361. The zero-order valence-corrected chi connectivity index (χ0v) is 19.6. The highest BCUT2D eigenvalue weighted by Crippen LogP contribution is 2.29. The summed E-state index contributed by atoms with van der Waals surface area (Å²) in [4.78, 5) is 25.5. The fourth-order valence-corrected chi connectivity index (χ4v) is 3.98. The summed E-state index contributed by atoms with van der Waals surface area (Å²) in [6.07, 6.45) is 8.63. The number of aromatic nitrogens is 6. The Bertz CT molecular complexity index is 1580. The number of benzene rings is 1. The van der Waals surface area contributed by atoms with Crippen molar-refractivity contribution in [1.29, 1.82) is 0 Å². The highest BCUT2D eigenvalue weighted by atomic mass is 35.5. The van der Waals surface area contributed by atoms with Gasteiger partial charge in [-0.3, -0.25) is 14.5 Å². The van der Waals surface area contributed by atoms with Gasteiger partial charge in [0.15, 0.2) is 5.82 Å². The number of fused-ring (bicyclic) bond motifs is 1. The molecule has 9 nitrogen and oxygen atoms in total. The standard InChI is InChI=1S/C25H22ClN7O2/c1-32-14-18(3-5-23(32)35)17-2-4-22-21(9-17)25(28-11-16-8-20(26)13-27-10-16)31-24(30-22)19-12-29-33(15-19)6-7-34/h2-5,8-10,12-15,34H,6-7,11H2,1H3,(H,28,30,31). The minimum absolute atomic E-state index is 0.00592. The van der Waals surface area contributed by atoms with Gasteiger partial charge in [0, 0.05) is 49.8 Å². The van der Waals surface area contributed by atoms with Crippen LogP contribution in [0.1, 0.15) is 5.56 Å². The van der Waals surface area contributed by atoms with Gasteiger partial charge in [-0.2, -0.15) is 5.10 Å². The lowest BCUT2D eigenvalue weighted by atomic mass is 10.0. The molecule has 176 valence electrons. The molecule has 0 spiro atoms. The second kappa shape index (κ2) is 9.65. The lowest BCUT2D eigenvalue weighted by Gasteiger charge is -2.12. The lowest BCUT2D eigenvalue weighted by Crippen LogP contribution is -2.13. The number of aliphatic hydroxyl groups is 1. The van der Waals surface area contributed by atoms with Crippen LogP contribution in [0.5, 0.6) is 0 Å². The van der Waals surface area contributed by atoms with E-state index in [0.29, 0.717) is 29.8 Å². The molecule has 0 atom stereocenters. The molecule has 0 aliphatic heterocycles. The summed E-state index contributed by atoms with van der Waals surface area (Å²) in [6.45, 7) is 0.852. The van der Waals surface area contributed by atoms with Crippen molar-refractivity contribution in [3.8, 4) is 22.5 Å². The van der Waals surface area contributed by atoms with Gasteiger partial charge in [-0.25, -0.2) is 9.97 Å². The van der Waals surface area contributed by atoms with Crippen molar-refractivity contribution in [2.75, 3.05) is 11.9 Å². The summed E-state index contributed by atoms with van der Waals surface area (Å²) in [5, 5.41) is 18.3. The fraction of sp³-hybridized carbons (Fsp3) is 0.160. The summed E-state index contributed by atoms with van der Waals surface area (Å²) in [7, 11) is 1.73. The molecule has 2 N–H and O–H groups in total. The monoisotopic (exact) mass is 487 g/mol. The van der Waals surface area contributed by atoms with E-state index in [1.165, 1.54) is 0 Å². The van der Waals surface area contributed by atoms with E-state index in [1.807, 2.05) is 24.3 Å². The molecule has 0 unspecified atom stereocenters. The fourth-order valence-electron chi connectivity index (χ4n) is 3.78. The first-order valence-corrected chi connectivity index (χ1v) is 11.3. The molecule has 0 aliphatic carbocycles. The first-order chi connectivity index (χ1) is 17.0.